The van der Waals surface area contributed by atoms with Crippen LogP contribution in [-0.2, 0) is 9.53 Å². The summed E-state index contributed by atoms with van der Waals surface area (Å²) in [6.07, 6.45) is 5.63. The lowest BCUT2D eigenvalue weighted by atomic mass is 10.3. The standard InChI is InChI=1S/C6H10O2/c1-8-6-4-2-3-5-7/h4-6H,2-3H2,1H3. The molecule has 2 heteroatoms. The van der Waals surface area contributed by atoms with E-state index in [4.69, 9.17) is 0 Å². The highest BCUT2D eigenvalue weighted by Crippen LogP contribution is 1.85. The number of methoxy groups -OCH3 is 1. The van der Waals surface area contributed by atoms with Crippen LogP contribution in [-0.4, -0.2) is 13.4 Å². The predicted octanol–water partition coefficient (Wildman–Crippen LogP) is 1.13. The molecule has 2 nitrogen and oxygen atoms in total. The van der Waals surface area contributed by atoms with Gasteiger partial charge < -0.3 is 9.53 Å². The maximum atomic E-state index is 9.69. The molecule has 0 saturated carbocycles. The molecular formula is C6H10O2. The van der Waals surface area contributed by atoms with Crippen LogP contribution in [0.25, 0.3) is 0 Å². The zero-order valence-electron chi connectivity index (χ0n) is 4.96. The summed E-state index contributed by atoms with van der Waals surface area (Å²) >= 11 is 0. The van der Waals surface area contributed by atoms with Crippen molar-refractivity contribution in [3.8, 4) is 0 Å². The minimum absolute atomic E-state index is 0.583. The van der Waals surface area contributed by atoms with Gasteiger partial charge in [0.15, 0.2) is 0 Å². The maximum absolute atomic E-state index is 9.69. The molecule has 0 saturated heterocycles. The molecule has 0 radical (unpaired) electrons. The number of allylic oxidation sites excluding steroid dienone is 1. The van der Waals surface area contributed by atoms with Crippen molar-refractivity contribution >= 4 is 6.29 Å². The Labute approximate surface area is 49.1 Å². The van der Waals surface area contributed by atoms with Gasteiger partial charge in [-0.1, -0.05) is 0 Å². The number of hydrogen-bond acceptors (Lipinski definition) is 2. The van der Waals surface area contributed by atoms with Crippen LogP contribution < -0.4 is 0 Å². The van der Waals surface area contributed by atoms with Gasteiger partial charge >= 0.3 is 0 Å². The highest BCUT2D eigenvalue weighted by atomic mass is 16.5. The molecule has 0 aliphatic rings. The van der Waals surface area contributed by atoms with Gasteiger partial charge in [0.25, 0.3) is 0 Å². The Morgan fingerprint density at radius 2 is 2.25 bits per heavy atom. The van der Waals surface area contributed by atoms with E-state index in [1.165, 1.54) is 0 Å². The summed E-state index contributed by atoms with van der Waals surface area (Å²) < 4.78 is 4.59. The van der Waals surface area contributed by atoms with Gasteiger partial charge in [-0.15, -0.1) is 0 Å². The zero-order chi connectivity index (χ0) is 6.24. The number of carbonyl (C=O) groups excluding carboxylic acids is 1. The van der Waals surface area contributed by atoms with Crippen LogP contribution >= 0.6 is 0 Å². The van der Waals surface area contributed by atoms with Crippen LogP contribution in [0.3, 0.4) is 0 Å². The first kappa shape index (κ1) is 7.21. The van der Waals surface area contributed by atoms with Crippen molar-refractivity contribution in [1.29, 1.82) is 0 Å². The van der Waals surface area contributed by atoms with Crippen molar-refractivity contribution in [2.24, 2.45) is 0 Å². The van der Waals surface area contributed by atoms with Crippen LogP contribution in [0.2, 0.25) is 0 Å². The van der Waals surface area contributed by atoms with Gasteiger partial charge in [0.05, 0.1) is 13.4 Å². The topological polar surface area (TPSA) is 26.3 Å². The molecule has 0 atom stereocenters. The third kappa shape index (κ3) is 5.21. The van der Waals surface area contributed by atoms with E-state index in [-0.39, 0.29) is 0 Å². The molecule has 0 aromatic heterocycles. The number of carbonyl (C=O) groups is 1. The van der Waals surface area contributed by atoms with Crippen molar-refractivity contribution < 1.29 is 9.53 Å². The Morgan fingerprint density at radius 1 is 1.50 bits per heavy atom. The summed E-state index contributed by atoms with van der Waals surface area (Å²) in [6, 6.07) is 0. The van der Waals surface area contributed by atoms with E-state index in [2.05, 4.69) is 4.74 Å². The first-order valence-corrected chi connectivity index (χ1v) is 2.53. The average Bonchev–Trinajstić information content (AvgIpc) is 1.81. The third-order valence-corrected chi connectivity index (χ3v) is 0.683. The predicted molar refractivity (Wildman–Crippen MR) is 31.4 cm³/mol. The fourth-order valence-corrected chi connectivity index (χ4v) is 0.329. The van der Waals surface area contributed by atoms with Crippen LogP contribution in [0.15, 0.2) is 12.3 Å². The van der Waals surface area contributed by atoms with Gasteiger partial charge in [0.1, 0.15) is 6.29 Å². The van der Waals surface area contributed by atoms with E-state index in [1.54, 1.807) is 13.4 Å². The molecule has 0 aromatic rings. The fraction of sp³-hybridized carbons (Fsp3) is 0.500. The molecule has 0 aromatic carbocycles. The fourth-order valence-electron chi connectivity index (χ4n) is 0.329. The van der Waals surface area contributed by atoms with Crippen molar-refractivity contribution in [3.63, 3.8) is 0 Å². The lowest BCUT2D eigenvalue weighted by Crippen LogP contribution is -1.71. The Hall–Kier alpha value is -0.790. The Morgan fingerprint density at radius 3 is 2.75 bits per heavy atom. The molecule has 8 heavy (non-hydrogen) atoms. The largest absolute Gasteiger partial charge is 0.505 e. The van der Waals surface area contributed by atoms with Gasteiger partial charge in [-0.2, -0.15) is 0 Å². The van der Waals surface area contributed by atoms with Crippen LogP contribution in [0.1, 0.15) is 12.8 Å². The molecule has 0 spiro atoms. The Kier molecular flexibility index (Phi) is 5.60. The SMILES string of the molecule is COC=CCCC=O. The molecule has 0 fully saturated rings. The van der Waals surface area contributed by atoms with E-state index < -0.39 is 0 Å². The second-order valence-corrected chi connectivity index (χ2v) is 1.35. The summed E-state index contributed by atoms with van der Waals surface area (Å²) in [5.41, 5.74) is 0. The first-order chi connectivity index (χ1) is 3.91. The second kappa shape index (κ2) is 6.21. The smallest absolute Gasteiger partial charge is 0.120 e. The van der Waals surface area contributed by atoms with Crippen LogP contribution in [0, 0.1) is 0 Å². The van der Waals surface area contributed by atoms with Crippen LogP contribution in [0.5, 0.6) is 0 Å². The molecule has 46 valence electrons. The van der Waals surface area contributed by atoms with Gasteiger partial charge in [0.2, 0.25) is 0 Å². The molecular weight excluding hydrogens is 104 g/mol. The van der Waals surface area contributed by atoms with Gasteiger partial charge in [-0.25, -0.2) is 0 Å². The van der Waals surface area contributed by atoms with E-state index >= 15 is 0 Å². The summed E-state index contributed by atoms with van der Waals surface area (Å²) in [6.45, 7) is 0. The van der Waals surface area contributed by atoms with Gasteiger partial charge in [0, 0.05) is 6.42 Å². The Bertz CT molecular complexity index is 76.6. The number of ether oxygens (including phenoxy) is 1. The summed E-state index contributed by atoms with van der Waals surface area (Å²) in [5, 5.41) is 0. The van der Waals surface area contributed by atoms with Crippen molar-refractivity contribution in [1.82, 2.24) is 0 Å². The molecule has 0 rings (SSSR count). The van der Waals surface area contributed by atoms with E-state index in [0.717, 1.165) is 12.7 Å². The second-order valence-electron chi connectivity index (χ2n) is 1.35. The van der Waals surface area contributed by atoms with E-state index in [0.29, 0.717) is 6.42 Å². The highest BCUT2D eigenvalue weighted by Gasteiger charge is 1.74. The average molecular weight is 114 g/mol. The van der Waals surface area contributed by atoms with Crippen molar-refractivity contribution in [2.45, 2.75) is 12.8 Å². The van der Waals surface area contributed by atoms with Crippen molar-refractivity contribution in [2.75, 3.05) is 7.11 Å². The summed E-state index contributed by atoms with van der Waals surface area (Å²) in [7, 11) is 1.58. The minimum atomic E-state index is 0.583. The number of hydrogen-bond donors (Lipinski definition) is 0. The van der Waals surface area contributed by atoms with Crippen LogP contribution in [0.4, 0.5) is 0 Å². The third-order valence-electron chi connectivity index (χ3n) is 0.683. The van der Waals surface area contributed by atoms with Gasteiger partial charge in [-0.05, 0) is 12.5 Å². The molecule has 0 N–H and O–H groups in total. The summed E-state index contributed by atoms with van der Waals surface area (Å²) in [5.74, 6) is 0. The lowest BCUT2D eigenvalue weighted by Gasteiger charge is -1.83. The maximum Gasteiger partial charge on any atom is 0.120 e. The molecule has 0 aliphatic heterocycles. The van der Waals surface area contributed by atoms with Crippen molar-refractivity contribution in [3.05, 3.63) is 12.3 Å². The molecule has 0 aliphatic carbocycles. The number of rotatable bonds is 4. The van der Waals surface area contributed by atoms with Gasteiger partial charge in [-0.3, -0.25) is 0 Å². The molecule has 0 unspecified atom stereocenters. The first-order valence-electron chi connectivity index (χ1n) is 2.53. The lowest BCUT2D eigenvalue weighted by molar-refractivity contribution is -0.107. The zero-order valence-corrected chi connectivity index (χ0v) is 4.96. The normalized spacial score (nSPS) is 9.62. The monoisotopic (exact) mass is 114 g/mol. The van der Waals surface area contributed by atoms with E-state index in [9.17, 15) is 4.79 Å². The molecule has 0 heterocycles. The highest BCUT2D eigenvalue weighted by molar-refractivity contribution is 5.49. The quantitative estimate of drug-likeness (QED) is 0.311. The minimum Gasteiger partial charge on any atom is -0.505 e. The number of aldehydes is 1. The molecule has 0 amide bonds. The Balaban J connectivity index is 2.90. The summed E-state index contributed by atoms with van der Waals surface area (Å²) in [4.78, 5) is 9.69. The number of unbranched alkanes of at least 4 members (excludes halogenated alkanes) is 1. The van der Waals surface area contributed by atoms with E-state index in [1.807, 2.05) is 6.08 Å². The molecule has 0 bridgehead atoms.